The van der Waals surface area contributed by atoms with E-state index in [1.807, 2.05) is 0 Å². The number of nitrogens with zero attached hydrogens (tertiary/aromatic N) is 1. The van der Waals surface area contributed by atoms with Crippen LogP contribution in [-0.2, 0) is 9.53 Å². The SMILES string of the molecule is CCOC(=O)C1=C(O)/C(=C/c2ccc(OC)c(Br)c2)SC1=NC(=O)c1ccccc1Cl. The van der Waals surface area contributed by atoms with E-state index in [0.717, 1.165) is 21.8 Å². The lowest BCUT2D eigenvalue weighted by molar-refractivity contribution is -0.138. The largest absolute Gasteiger partial charge is 0.506 e. The van der Waals surface area contributed by atoms with Gasteiger partial charge in [-0.1, -0.05) is 41.6 Å². The Morgan fingerprint density at radius 3 is 2.65 bits per heavy atom. The lowest BCUT2D eigenvalue weighted by atomic mass is 10.1. The van der Waals surface area contributed by atoms with Gasteiger partial charge in [-0.05, 0) is 58.8 Å². The number of hydrogen-bond donors (Lipinski definition) is 1. The summed E-state index contributed by atoms with van der Waals surface area (Å²) < 4.78 is 11.0. The summed E-state index contributed by atoms with van der Waals surface area (Å²) in [7, 11) is 1.56. The number of benzene rings is 2. The lowest BCUT2D eigenvalue weighted by Gasteiger charge is -2.04. The third-order valence-electron chi connectivity index (χ3n) is 4.15. The second-order valence-electron chi connectivity index (χ2n) is 6.15. The second-order valence-corrected chi connectivity index (χ2v) is 8.44. The highest BCUT2D eigenvalue weighted by molar-refractivity contribution is 9.10. The summed E-state index contributed by atoms with van der Waals surface area (Å²) >= 11 is 10.5. The van der Waals surface area contributed by atoms with Gasteiger partial charge in [-0.15, -0.1) is 0 Å². The monoisotopic (exact) mass is 521 g/mol. The minimum Gasteiger partial charge on any atom is -0.506 e. The average Bonchev–Trinajstić information content (AvgIpc) is 3.03. The van der Waals surface area contributed by atoms with Crippen molar-refractivity contribution < 1.29 is 24.2 Å². The molecule has 0 unspecified atom stereocenters. The van der Waals surface area contributed by atoms with Gasteiger partial charge in [0.2, 0.25) is 0 Å². The van der Waals surface area contributed by atoms with E-state index in [1.54, 1.807) is 56.5 Å². The molecule has 160 valence electrons. The Morgan fingerprint density at radius 1 is 1.26 bits per heavy atom. The van der Waals surface area contributed by atoms with E-state index in [-0.39, 0.29) is 33.6 Å². The van der Waals surface area contributed by atoms with Crippen LogP contribution in [0.25, 0.3) is 6.08 Å². The first-order valence-electron chi connectivity index (χ1n) is 9.07. The Hall–Kier alpha value is -2.55. The van der Waals surface area contributed by atoms with Crippen LogP contribution in [0, 0.1) is 0 Å². The molecule has 0 radical (unpaired) electrons. The zero-order valence-electron chi connectivity index (χ0n) is 16.5. The van der Waals surface area contributed by atoms with Gasteiger partial charge in [0.1, 0.15) is 22.1 Å². The van der Waals surface area contributed by atoms with Crippen LogP contribution in [0.15, 0.2) is 68.2 Å². The first kappa shape index (κ1) is 23.1. The number of aliphatic imine (C=N–C) groups is 1. The summed E-state index contributed by atoms with van der Waals surface area (Å²) in [6.07, 6.45) is 1.67. The van der Waals surface area contributed by atoms with Gasteiger partial charge in [0.25, 0.3) is 5.91 Å². The predicted molar refractivity (Wildman–Crippen MR) is 126 cm³/mol. The third-order valence-corrected chi connectivity index (χ3v) is 6.12. The zero-order valence-corrected chi connectivity index (χ0v) is 19.7. The number of halogens is 2. The summed E-state index contributed by atoms with van der Waals surface area (Å²) in [4.78, 5) is 29.5. The molecule has 2 aromatic rings. The second kappa shape index (κ2) is 10.2. The molecule has 3 rings (SSSR count). The quantitative estimate of drug-likeness (QED) is 0.499. The average molecular weight is 523 g/mol. The molecule has 2 aromatic carbocycles. The molecule has 1 heterocycles. The van der Waals surface area contributed by atoms with Crippen LogP contribution in [0.1, 0.15) is 22.8 Å². The number of thioether (sulfide) groups is 1. The minimum atomic E-state index is -0.766. The smallest absolute Gasteiger partial charge is 0.344 e. The van der Waals surface area contributed by atoms with E-state index in [4.69, 9.17) is 21.1 Å². The lowest BCUT2D eigenvalue weighted by Crippen LogP contribution is -2.14. The molecule has 0 aromatic heterocycles. The van der Waals surface area contributed by atoms with Gasteiger partial charge in [-0.25, -0.2) is 9.79 Å². The van der Waals surface area contributed by atoms with E-state index in [1.165, 1.54) is 6.07 Å². The highest BCUT2D eigenvalue weighted by atomic mass is 79.9. The minimum absolute atomic E-state index is 0.0414. The Balaban J connectivity index is 2.03. The fourth-order valence-corrected chi connectivity index (χ4v) is 4.49. The van der Waals surface area contributed by atoms with E-state index in [9.17, 15) is 14.7 Å². The molecule has 9 heteroatoms. The van der Waals surface area contributed by atoms with Crippen molar-refractivity contribution in [1.29, 1.82) is 0 Å². The molecule has 1 aliphatic rings. The van der Waals surface area contributed by atoms with Crippen molar-refractivity contribution in [3.8, 4) is 5.75 Å². The van der Waals surface area contributed by atoms with Crippen LogP contribution >= 0.6 is 39.3 Å². The molecular weight excluding hydrogens is 506 g/mol. The van der Waals surface area contributed by atoms with Crippen molar-refractivity contribution in [1.82, 2.24) is 0 Å². The maximum absolute atomic E-state index is 12.7. The molecule has 0 aliphatic carbocycles. The Morgan fingerprint density at radius 2 is 2.00 bits per heavy atom. The summed E-state index contributed by atoms with van der Waals surface area (Å²) in [5.74, 6) is -1.05. The molecular formula is C22H17BrClNO5S. The van der Waals surface area contributed by atoms with Gasteiger partial charge in [-0.2, -0.15) is 0 Å². The number of aliphatic hydroxyl groups is 1. The van der Waals surface area contributed by atoms with Gasteiger partial charge >= 0.3 is 5.97 Å². The fourth-order valence-electron chi connectivity index (χ4n) is 2.70. The van der Waals surface area contributed by atoms with Gasteiger partial charge in [0, 0.05) is 0 Å². The topological polar surface area (TPSA) is 85.2 Å². The maximum atomic E-state index is 12.7. The summed E-state index contributed by atoms with van der Waals surface area (Å²) in [6.45, 7) is 1.76. The van der Waals surface area contributed by atoms with Crippen LogP contribution in [0.3, 0.4) is 0 Å². The summed E-state index contributed by atoms with van der Waals surface area (Å²) in [5, 5.41) is 11.0. The van der Waals surface area contributed by atoms with Gasteiger partial charge in [-0.3, -0.25) is 4.79 Å². The number of methoxy groups -OCH3 is 1. The molecule has 0 fully saturated rings. The molecule has 0 saturated carbocycles. The molecule has 0 spiro atoms. The normalized spacial score (nSPS) is 16.1. The molecule has 0 atom stereocenters. The van der Waals surface area contributed by atoms with Crippen molar-refractivity contribution in [2.45, 2.75) is 6.92 Å². The van der Waals surface area contributed by atoms with Crippen LogP contribution in [0.4, 0.5) is 0 Å². The molecule has 6 nitrogen and oxygen atoms in total. The molecule has 1 N–H and O–H groups in total. The third kappa shape index (κ3) is 5.20. The van der Waals surface area contributed by atoms with Crippen molar-refractivity contribution in [3.63, 3.8) is 0 Å². The van der Waals surface area contributed by atoms with Crippen molar-refractivity contribution >= 4 is 62.3 Å². The van der Waals surface area contributed by atoms with Crippen molar-refractivity contribution in [2.75, 3.05) is 13.7 Å². The highest BCUT2D eigenvalue weighted by Crippen LogP contribution is 2.40. The summed E-state index contributed by atoms with van der Waals surface area (Å²) in [6, 6.07) is 11.8. The molecule has 0 saturated heterocycles. The number of ether oxygens (including phenoxy) is 2. The Kier molecular flexibility index (Phi) is 7.59. The van der Waals surface area contributed by atoms with E-state index < -0.39 is 11.9 Å². The standard InChI is InChI=1S/C22H17BrClNO5S/c1-3-30-22(28)18-19(26)17(11-12-8-9-16(29-2)14(23)10-12)31-21(18)25-20(27)13-6-4-5-7-15(13)24/h4-11,26H,3H2,1-2H3/b17-11-,25-21?. The number of carbonyl (C=O) groups is 2. The molecule has 1 amide bonds. The number of hydrogen-bond acceptors (Lipinski definition) is 6. The fraction of sp³-hybridized carbons (Fsp3) is 0.136. The highest BCUT2D eigenvalue weighted by Gasteiger charge is 2.34. The molecule has 31 heavy (non-hydrogen) atoms. The number of carbonyl (C=O) groups excluding carboxylic acids is 2. The number of amides is 1. The Bertz CT molecular complexity index is 1140. The van der Waals surface area contributed by atoms with E-state index >= 15 is 0 Å². The first-order chi connectivity index (χ1) is 14.8. The van der Waals surface area contributed by atoms with Crippen LogP contribution < -0.4 is 4.74 Å². The van der Waals surface area contributed by atoms with E-state index in [2.05, 4.69) is 20.9 Å². The van der Waals surface area contributed by atoms with Crippen LogP contribution in [0.2, 0.25) is 5.02 Å². The van der Waals surface area contributed by atoms with Crippen molar-refractivity contribution in [3.05, 3.63) is 79.3 Å². The predicted octanol–water partition coefficient (Wildman–Crippen LogP) is 5.81. The zero-order chi connectivity index (χ0) is 22.5. The molecule has 0 bridgehead atoms. The van der Waals surface area contributed by atoms with Gasteiger partial charge in [0.05, 0.1) is 33.7 Å². The van der Waals surface area contributed by atoms with Crippen LogP contribution in [-0.4, -0.2) is 35.7 Å². The van der Waals surface area contributed by atoms with Crippen LogP contribution in [0.5, 0.6) is 5.75 Å². The number of esters is 1. The Labute approximate surface area is 196 Å². The van der Waals surface area contributed by atoms with E-state index in [0.29, 0.717) is 10.7 Å². The number of rotatable bonds is 5. The van der Waals surface area contributed by atoms with Gasteiger partial charge in [0.15, 0.2) is 0 Å². The first-order valence-corrected chi connectivity index (χ1v) is 11.1. The van der Waals surface area contributed by atoms with Crippen molar-refractivity contribution in [2.24, 2.45) is 4.99 Å². The van der Waals surface area contributed by atoms with Gasteiger partial charge < -0.3 is 14.6 Å². The number of aliphatic hydroxyl groups excluding tert-OH is 1. The molecule has 1 aliphatic heterocycles. The summed E-state index contributed by atoms with van der Waals surface area (Å²) in [5.41, 5.74) is 0.770. The maximum Gasteiger partial charge on any atom is 0.344 e.